The Kier molecular flexibility index (Phi) is 3.03. The molecule has 14 heavy (non-hydrogen) atoms. The molecular weight excluding hydrogens is 189 g/mol. The van der Waals surface area contributed by atoms with Crippen molar-refractivity contribution in [3.8, 4) is 5.75 Å². The monoisotopic (exact) mass is 199 g/mol. The van der Waals surface area contributed by atoms with Gasteiger partial charge in [0.2, 0.25) is 0 Å². The van der Waals surface area contributed by atoms with Gasteiger partial charge in [-0.2, -0.15) is 0 Å². The predicted octanol–water partition coefficient (Wildman–Crippen LogP) is 0.658. The summed E-state index contributed by atoms with van der Waals surface area (Å²) in [6.45, 7) is -0.188. The molecule has 0 saturated heterocycles. The first-order chi connectivity index (χ1) is 6.57. The van der Waals surface area contributed by atoms with Crippen LogP contribution in [0.5, 0.6) is 5.75 Å². The third-order valence-corrected chi connectivity index (χ3v) is 1.93. The fraction of sp³-hybridized carbons (Fsp3) is 0.222. The van der Waals surface area contributed by atoms with Gasteiger partial charge in [0.05, 0.1) is 5.92 Å². The van der Waals surface area contributed by atoms with Crippen LogP contribution in [0.15, 0.2) is 18.2 Å². The molecule has 0 aliphatic heterocycles. The smallest absolute Gasteiger partial charge is 0.312 e. The summed E-state index contributed by atoms with van der Waals surface area (Å²) in [5, 5.41) is 18.0. The van der Waals surface area contributed by atoms with Crippen LogP contribution in [0.25, 0.3) is 0 Å². The van der Waals surface area contributed by atoms with Crippen LogP contribution in [0.1, 0.15) is 11.5 Å². The second-order valence-electron chi connectivity index (χ2n) is 2.80. The van der Waals surface area contributed by atoms with Gasteiger partial charge in [-0.25, -0.2) is 4.39 Å². The number of phenols is 1. The minimum absolute atomic E-state index is 0.000000000000000222. The number of aliphatic carboxylic acids is 1. The van der Waals surface area contributed by atoms with Crippen molar-refractivity contribution >= 4 is 5.97 Å². The van der Waals surface area contributed by atoms with E-state index in [4.69, 9.17) is 10.8 Å². The molecule has 4 N–H and O–H groups in total. The third-order valence-electron chi connectivity index (χ3n) is 1.93. The molecule has 1 aromatic carbocycles. The molecule has 4 nitrogen and oxygen atoms in total. The summed E-state index contributed by atoms with van der Waals surface area (Å²) in [7, 11) is 0. The van der Waals surface area contributed by atoms with Gasteiger partial charge in [0, 0.05) is 12.1 Å². The lowest BCUT2D eigenvalue weighted by atomic mass is 9.98. The Morgan fingerprint density at radius 2 is 2.21 bits per heavy atom. The average molecular weight is 199 g/mol. The average Bonchev–Trinajstić information content (AvgIpc) is 2.13. The van der Waals surface area contributed by atoms with Crippen LogP contribution in [0.3, 0.4) is 0 Å². The molecule has 0 aliphatic carbocycles. The number of carboxylic acid groups (broad SMARTS) is 1. The molecule has 0 aliphatic rings. The third kappa shape index (κ3) is 1.82. The Morgan fingerprint density at radius 1 is 1.57 bits per heavy atom. The summed E-state index contributed by atoms with van der Waals surface area (Å²) in [5.74, 6) is -3.76. The maximum atomic E-state index is 12.9. The standard InChI is InChI=1S/C9H10FNO3/c10-7-3-1-2-5(8(7)12)6(4-11)9(13)14/h1-3,6,12H,4,11H2,(H,13,14). The van der Waals surface area contributed by atoms with Crippen LogP contribution in [0.2, 0.25) is 0 Å². The minimum atomic E-state index is -1.19. The quantitative estimate of drug-likeness (QED) is 0.667. The van der Waals surface area contributed by atoms with Crippen molar-refractivity contribution in [2.24, 2.45) is 5.73 Å². The number of carbonyl (C=O) groups is 1. The molecule has 0 fully saturated rings. The van der Waals surface area contributed by atoms with Crippen LogP contribution >= 0.6 is 0 Å². The number of benzene rings is 1. The summed E-state index contributed by atoms with van der Waals surface area (Å²) in [6, 6.07) is 3.72. The second kappa shape index (κ2) is 4.06. The number of phenolic OH excluding ortho intramolecular Hbond substituents is 1. The lowest BCUT2D eigenvalue weighted by Crippen LogP contribution is -2.21. The number of halogens is 1. The number of nitrogens with two attached hydrogens (primary N) is 1. The van der Waals surface area contributed by atoms with Crippen molar-refractivity contribution < 1.29 is 19.4 Å². The molecule has 0 radical (unpaired) electrons. The van der Waals surface area contributed by atoms with E-state index < -0.39 is 23.5 Å². The number of para-hydroxylation sites is 1. The highest BCUT2D eigenvalue weighted by atomic mass is 19.1. The normalized spacial score (nSPS) is 12.4. The topological polar surface area (TPSA) is 83.6 Å². The van der Waals surface area contributed by atoms with Gasteiger partial charge in [-0.15, -0.1) is 0 Å². The summed E-state index contributed by atoms with van der Waals surface area (Å²) in [6.07, 6.45) is 0. The summed E-state index contributed by atoms with van der Waals surface area (Å²) in [4.78, 5) is 10.7. The molecule has 1 aromatic rings. The van der Waals surface area contributed by atoms with E-state index in [0.29, 0.717) is 0 Å². The Balaban J connectivity index is 3.16. The molecule has 76 valence electrons. The number of carboxylic acids is 1. The maximum absolute atomic E-state index is 12.9. The highest BCUT2D eigenvalue weighted by Gasteiger charge is 2.22. The minimum Gasteiger partial charge on any atom is -0.505 e. The van der Waals surface area contributed by atoms with E-state index in [1.807, 2.05) is 0 Å². The van der Waals surface area contributed by atoms with Crippen LogP contribution in [-0.4, -0.2) is 22.7 Å². The van der Waals surface area contributed by atoms with Gasteiger partial charge >= 0.3 is 5.97 Å². The van der Waals surface area contributed by atoms with Crippen molar-refractivity contribution in [1.29, 1.82) is 0 Å². The van der Waals surface area contributed by atoms with E-state index in [-0.39, 0.29) is 12.1 Å². The molecule has 1 rings (SSSR count). The summed E-state index contributed by atoms with van der Waals surface area (Å²) < 4.78 is 12.9. The Bertz CT molecular complexity index is 354. The van der Waals surface area contributed by atoms with E-state index in [9.17, 15) is 14.3 Å². The van der Waals surface area contributed by atoms with Crippen molar-refractivity contribution in [3.63, 3.8) is 0 Å². The van der Waals surface area contributed by atoms with Crippen LogP contribution < -0.4 is 5.73 Å². The lowest BCUT2D eigenvalue weighted by molar-refractivity contribution is -0.138. The van der Waals surface area contributed by atoms with E-state index in [2.05, 4.69) is 0 Å². The Labute approximate surface area is 79.8 Å². The zero-order valence-electron chi connectivity index (χ0n) is 7.27. The van der Waals surface area contributed by atoms with Gasteiger partial charge in [-0.05, 0) is 6.07 Å². The van der Waals surface area contributed by atoms with Gasteiger partial charge in [0.25, 0.3) is 0 Å². The Morgan fingerprint density at radius 3 is 2.71 bits per heavy atom. The van der Waals surface area contributed by atoms with E-state index in [1.54, 1.807) is 0 Å². The first kappa shape index (κ1) is 10.5. The molecule has 1 unspecified atom stereocenters. The van der Waals surface area contributed by atoms with E-state index in [0.717, 1.165) is 6.07 Å². The van der Waals surface area contributed by atoms with Crippen LogP contribution in [0.4, 0.5) is 4.39 Å². The maximum Gasteiger partial charge on any atom is 0.312 e. The molecule has 0 spiro atoms. The van der Waals surface area contributed by atoms with Gasteiger partial charge in [0.15, 0.2) is 11.6 Å². The number of aromatic hydroxyl groups is 1. The zero-order valence-corrected chi connectivity index (χ0v) is 7.27. The van der Waals surface area contributed by atoms with Crippen LogP contribution in [-0.2, 0) is 4.79 Å². The van der Waals surface area contributed by atoms with E-state index >= 15 is 0 Å². The van der Waals surface area contributed by atoms with Gasteiger partial charge < -0.3 is 15.9 Å². The fourth-order valence-electron chi connectivity index (χ4n) is 1.17. The molecule has 0 bridgehead atoms. The first-order valence-electron chi connectivity index (χ1n) is 3.98. The molecule has 5 heteroatoms. The summed E-state index contributed by atoms with van der Waals surface area (Å²) in [5.41, 5.74) is 5.21. The SMILES string of the molecule is NCC(C(=O)O)c1cccc(F)c1O. The highest BCUT2D eigenvalue weighted by Crippen LogP contribution is 2.27. The zero-order chi connectivity index (χ0) is 10.7. The largest absolute Gasteiger partial charge is 0.505 e. The van der Waals surface area contributed by atoms with Crippen molar-refractivity contribution in [2.45, 2.75) is 5.92 Å². The van der Waals surface area contributed by atoms with Gasteiger partial charge in [-0.1, -0.05) is 12.1 Å². The van der Waals surface area contributed by atoms with Crippen molar-refractivity contribution in [1.82, 2.24) is 0 Å². The van der Waals surface area contributed by atoms with Gasteiger partial charge in [0.1, 0.15) is 0 Å². The highest BCUT2D eigenvalue weighted by molar-refractivity contribution is 5.77. The lowest BCUT2D eigenvalue weighted by Gasteiger charge is -2.11. The molecule has 0 amide bonds. The fourth-order valence-corrected chi connectivity index (χ4v) is 1.17. The second-order valence-corrected chi connectivity index (χ2v) is 2.80. The molecule has 0 heterocycles. The molecule has 1 atom stereocenters. The van der Waals surface area contributed by atoms with Crippen molar-refractivity contribution in [2.75, 3.05) is 6.54 Å². The summed E-state index contributed by atoms with van der Waals surface area (Å²) >= 11 is 0. The molecular formula is C9H10FNO3. The van der Waals surface area contributed by atoms with Crippen molar-refractivity contribution in [3.05, 3.63) is 29.6 Å². The number of hydrogen-bond donors (Lipinski definition) is 3. The predicted molar refractivity (Wildman–Crippen MR) is 47.5 cm³/mol. The van der Waals surface area contributed by atoms with Crippen LogP contribution in [0, 0.1) is 5.82 Å². The molecule has 0 saturated carbocycles. The Hall–Kier alpha value is -1.62. The first-order valence-corrected chi connectivity index (χ1v) is 3.98. The number of hydrogen-bond acceptors (Lipinski definition) is 3. The number of rotatable bonds is 3. The van der Waals surface area contributed by atoms with E-state index in [1.165, 1.54) is 12.1 Å². The van der Waals surface area contributed by atoms with Gasteiger partial charge in [-0.3, -0.25) is 4.79 Å². The molecule has 0 aromatic heterocycles.